The van der Waals surface area contributed by atoms with E-state index in [0.717, 1.165) is 0 Å². The zero-order valence-corrected chi connectivity index (χ0v) is 9.72. The molecule has 0 radical (unpaired) electrons. The minimum atomic E-state index is -0.929. The number of aliphatic hydroxyl groups excluding tert-OH is 2. The maximum absolute atomic E-state index is 11.6. The van der Waals surface area contributed by atoms with Crippen LogP contribution < -0.4 is 10.1 Å². The summed E-state index contributed by atoms with van der Waals surface area (Å²) >= 11 is 0. The lowest BCUT2D eigenvalue weighted by molar-refractivity contribution is 0.0802. The molecule has 0 bridgehead atoms. The number of aliphatic hydroxyl groups is 2. The van der Waals surface area contributed by atoms with Crippen molar-refractivity contribution < 1.29 is 19.7 Å². The summed E-state index contributed by atoms with van der Waals surface area (Å²) in [6, 6.07) is 6.71. The average Bonchev–Trinajstić information content (AvgIpc) is 2.36. The Morgan fingerprint density at radius 1 is 1.41 bits per heavy atom. The number of ether oxygens (including phenoxy) is 1. The zero-order valence-electron chi connectivity index (χ0n) is 9.72. The van der Waals surface area contributed by atoms with Crippen molar-refractivity contribution in [2.75, 3.05) is 19.8 Å². The Labute approximate surface area is 100 Å². The summed E-state index contributed by atoms with van der Waals surface area (Å²) in [5, 5.41) is 20.2. The van der Waals surface area contributed by atoms with Crippen LogP contribution in [0.4, 0.5) is 0 Å². The van der Waals surface area contributed by atoms with Gasteiger partial charge in [-0.25, -0.2) is 0 Å². The standard InChI is InChI=1S/C12H17NO4/c1-2-17-11-5-3-9(4-6-11)12(16)13-7-10(15)8-14/h3-6,10,14-15H,2,7-8H2,1H3,(H,13,16). The maximum Gasteiger partial charge on any atom is 0.251 e. The van der Waals surface area contributed by atoms with Crippen molar-refractivity contribution in [3.63, 3.8) is 0 Å². The molecule has 0 fully saturated rings. The van der Waals surface area contributed by atoms with Gasteiger partial charge in [-0.3, -0.25) is 4.79 Å². The van der Waals surface area contributed by atoms with E-state index in [1.54, 1.807) is 24.3 Å². The summed E-state index contributed by atoms with van der Waals surface area (Å²) in [7, 11) is 0. The van der Waals surface area contributed by atoms with Crippen molar-refractivity contribution >= 4 is 5.91 Å². The molecule has 17 heavy (non-hydrogen) atoms. The minimum absolute atomic E-state index is 0.0303. The van der Waals surface area contributed by atoms with Gasteiger partial charge in [-0.15, -0.1) is 0 Å². The highest BCUT2D eigenvalue weighted by atomic mass is 16.5. The molecular weight excluding hydrogens is 222 g/mol. The van der Waals surface area contributed by atoms with Gasteiger partial charge >= 0.3 is 0 Å². The summed E-state index contributed by atoms with van der Waals surface area (Å²) in [6.45, 7) is 2.12. The second kappa shape index (κ2) is 6.88. The van der Waals surface area contributed by atoms with Crippen molar-refractivity contribution in [1.82, 2.24) is 5.32 Å². The van der Waals surface area contributed by atoms with E-state index in [1.165, 1.54) is 0 Å². The number of hydrogen-bond donors (Lipinski definition) is 3. The molecule has 0 saturated carbocycles. The Bertz CT molecular complexity index is 350. The molecule has 0 heterocycles. The summed E-state index contributed by atoms with van der Waals surface area (Å²) in [6.07, 6.45) is -0.929. The average molecular weight is 239 g/mol. The topological polar surface area (TPSA) is 78.8 Å². The first-order valence-corrected chi connectivity index (χ1v) is 5.47. The van der Waals surface area contributed by atoms with Gasteiger partial charge in [-0.2, -0.15) is 0 Å². The Morgan fingerprint density at radius 2 is 2.06 bits per heavy atom. The second-order valence-corrected chi connectivity index (χ2v) is 3.50. The van der Waals surface area contributed by atoms with E-state index in [4.69, 9.17) is 14.9 Å². The number of hydrogen-bond acceptors (Lipinski definition) is 4. The van der Waals surface area contributed by atoms with Crippen LogP contribution in [0.1, 0.15) is 17.3 Å². The predicted octanol–water partition coefficient (Wildman–Crippen LogP) is 0.168. The third-order valence-corrected chi connectivity index (χ3v) is 2.14. The first kappa shape index (κ1) is 13.5. The van der Waals surface area contributed by atoms with E-state index in [-0.39, 0.29) is 19.1 Å². The first-order chi connectivity index (χ1) is 8.17. The molecule has 1 aromatic carbocycles. The van der Waals surface area contributed by atoms with Gasteiger partial charge in [-0.1, -0.05) is 0 Å². The van der Waals surface area contributed by atoms with Gasteiger partial charge in [0.05, 0.1) is 19.3 Å². The summed E-state index contributed by atoms with van der Waals surface area (Å²) in [5.74, 6) is 0.417. The molecule has 3 N–H and O–H groups in total. The number of benzene rings is 1. The van der Waals surface area contributed by atoms with Crippen LogP contribution >= 0.6 is 0 Å². The van der Waals surface area contributed by atoms with Crippen molar-refractivity contribution in [3.8, 4) is 5.75 Å². The zero-order chi connectivity index (χ0) is 12.7. The van der Waals surface area contributed by atoms with E-state index in [0.29, 0.717) is 17.9 Å². The Morgan fingerprint density at radius 3 is 2.59 bits per heavy atom. The van der Waals surface area contributed by atoms with E-state index >= 15 is 0 Å². The SMILES string of the molecule is CCOc1ccc(C(=O)NCC(O)CO)cc1. The monoisotopic (exact) mass is 239 g/mol. The Hall–Kier alpha value is -1.59. The van der Waals surface area contributed by atoms with Crippen LogP contribution in [0.15, 0.2) is 24.3 Å². The van der Waals surface area contributed by atoms with Gasteiger partial charge in [0.1, 0.15) is 5.75 Å². The molecule has 0 aliphatic carbocycles. The third kappa shape index (κ3) is 4.42. The molecule has 1 amide bonds. The number of carbonyl (C=O) groups excluding carboxylic acids is 1. The van der Waals surface area contributed by atoms with Crippen LogP contribution in [0.5, 0.6) is 5.75 Å². The molecule has 5 nitrogen and oxygen atoms in total. The van der Waals surface area contributed by atoms with E-state index < -0.39 is 6.10 Å². The van der Waals surface area contributed by atoms with E-state index in [2.05, 4.69) is 5.32 Å². The number of rotatable bonds is 6. The lowest BCUT2D eigenvalue weighted by Crippen LogP contribution is -2.33. The smallest absolute Gasteiger partial charge is 0.251 e. The molecule has 0 aromatic heterocycles. The number of nitrogens with one attached hydrogen (secondary N) is 1. The van der Waals surface area contributed by atoms with Crippen molar-refractivity contribution in [2.45, 2.75) is 13.0 Å². The highest BCUT2D eigenvalue weighted by Gasteiger charge is 2.08. The maximum atomic E-state index is 11.6. The minimum Gasteiger partial charge on any atom is -0.494 e. The van der Waals surface area contributed by atoms with Gasteiger partial charge in [0.2, 0.25) is 0 Å². The molecule has 1 atom stereocenters. The van der Waals surface area contributed by atoms with E-state index in [1.807, 2.05) is 6.92 Å². The second-order valence-electron chi connectivity index (χ2n) is 3.50. The highest BCUT2D eigenvalue weighted by Crippen LogP contribution is 2.11. The van der Waals surface area contributed by atoms with Gasteiger partial charge in [0, 0.05) is 12.1 Å². The molecule has 1 aromatic rings. The van der Waals surface area contributed by atoms with Crippen molar-refractivity contribution in [1.29, 1.82) is 0 Å². The third-order valence-electron chi connectivity index (χ3n) is 2.14. The van der Waals surface area contributed by atoms with Crippen LogP contribution in [0.25, 0.3) is 0 Å². The Balaban J connectivity index is 2.51. The molecule has 0 saturated heterocycles. The summed E-state index contributed by atoms with van der Waals surface area (Å²) in [4.78, 5) is 11.6. The van der Waals surface area contributed by atoms with Crippen LogP contribution in [0.3, 0.4) is 0 Å². The van der Waals surface area contributed by atoms with Gasteiger partial charge in [0.25, 0.3) is 5.91 Å². The lowest BCUT2D eigenvalue weighted by atomic mass is 10.2. The Kier molecular flexibility index (Phi) is 5.45. The molecule has 1 unspecified atom stereocenters. The summed E-state index contributed by atoms with van der Waals surface area (Å²) < 4.78 is 5.25. The van der Waals surface area contributed by atoms with Crippen LogP contribution in [0.2, 0.25) is 0 Å². The predicted molar refractivity (Wildman–Crippen MR) is 63.0 cm³/mol. The molecule has 1 rings (SSSR count). The molecule has 0 aliphatic heterocycles. The quantitative estimate of drug-likeness (QED) is 0.661. The van der Waals surface area contributed by atoms with E-state index in [9.17, 15) is 4.79 Å². The van der Waals surface area contributed by atoms with Crippen molar-refractivity contribution in [3.05, 3.63) is 29.8 Å². The fraction of sp³-hybridized carbons (Fsp3) is 0.417. The first-order valence-electron chi connectivity index (χ1n) is 5.47. The molecular formula is C12H17NO4. The lowest BCUT2D eigenvalue weighted by Gasteiger charge is -2.09. The molecule has 94 valence electrons. The summed E-state index contributed by atoms with van der Waals surface area (Å²) in [5.41, 5.74) is 0.485. The molecule has 0 spiro atoms. The highest BCUT2D eigenvalue weighted by molar-refractivity contribution is 5.94. The molecule has 0 aliphatic rings. The number of carbonyl (C=O) groups is 1. The normalized spacial score (nSPS) is 11.9. The number of amides is 1. The largest absolute Gasteiger partial charge is 0.494 e. The van der Waals surface area contributed by atoms with Crippen molar-refractivity contribution in [2.24, 2.45) is 0 Å². The van der Waals surface area contributed by atoms with Crippen LogP contribution in [-0.2, 0) is 0 Å². The van der Waals surface area contributed by atoms with Gasteiger partial charge < -0.3 is 20.3 Å². The fourth-order valence-electron chi connectivity index (χ4n) is 1.25. The van der Waals surface area contributed by atoms with Crippen LogP contribution in [0, 0.1) is 0 Å². The van der Waals surface area contributed by atoms with Gasteiger partial charge in [0.15, 0.2) is 0 Å². The fourth-order valence-corrected chi connectivity index (χ4v) is 1.25. The molecule has 5 heteroatoms. The van der Waals surface area contributed by atoms with Crippen LogP contribution in [-0.4, -0.2) is 42.0 Å². The van der Waals surface area contributed by atoms with Gasteiger partial charge in [-0.05, 0) is 31.2 Å².